The molecule has 0 saturated carbocycles. The van der Waals surface area contributed by atoms with Gasteiger partial charge in [-0.1, -0.05) is 60.7 Å². The highest BCUT2D eigenvalue weighted by Crippen LogP contribution is 2.36. The maximum atomic E-state index is 2.30. The van der Waals surface area contributed by atoms with Gasteiger partial charge in [-0.15, -0.1) is 0 Å². The van der Waals surface area contributed by atoms with E-state index in [4.69, 9.17) is 0 Å². The van der Waals surface area contributed by atoms with Crippen LogP contribution in [0.25, 0.3) is 22.3 Å². The molecule has 0 radical (unpaired) electrons. The van der Waals surface area contributed by atoms with E-state index in [9.17, 15) is 0 Å². The second-order valence-corrected chi connectivity index (χ2v) is 6.11. The van der Waals surface area contributed by atoms with Crippen molar-refractivity contribution in [2.75, 3.05) is 0 Å². The second kappa shape index (κ2) is 5.81. The smallest absolute Gasteiger partial charge is 0.00735 e. The fourth-order valence-electron chi connectivity index (χ4n) is 3.03. The van der Waals surface area contributed by atoms with E-state index in [1.54, 1.807) is 0 Å². The standard InChI is InChI=1S/C22H22/c1-15-12-13-19(14-18(15)4)21-11-7-9-17(3)22(21)20-10-6-5-8-16(20)2/h5-14H,1-4H3. The lowest BCUT2D eigenvalue weighted by molar-refractivity contribution is 1.34. The Kier molecular flexibility index (Phi) is 3.85. The van der Waals surface area contributed by atoms with E-state index in [-0.39, 0.29) is 0 Å². The van der Waals surface area contributed by atoms with Gasteiger partial charge in [-0.05, 0) is 72.2 Å². The Morgan fingerprint density at radius 2 is 1.18 bits per heavy atom. The molecular weight excluding hydrogens is 264 g/mol. The first-order valence-electron chi connectivity index (χ1n) is 7.81. The Labute approximate surface area is 133 Å². The second-order valence-electron chi connectivity index (χ2n) is 6.11. The highest BCUT2D eigenvalue weighted by Gasteiger charge is 2.12. The Morgan fingerprint density at radius 1 is 0.500 bits per heavy atom. The molecule has 3 aromatic rings. The quantitative estimate of drug-likeness (QED) is 0.522. The third kappa shape index (κ3) is 2.57. The molecule has 0 aliphatic heterocycles. The number of hydrogen-bond acceptors (Lipinski definition) is 0. The van der Waals surface area contributed by atoms with Gasteiger partial charge in [-0.25, -0.2) is 0 Å². The zero-order chi connectivity index (χ0) is 15.7. The van der Waals surface area contributed by atoms with Gasteiger partial charge in [-0.2, -0.15) is 0 Å². The molecule has 0 amide bonds. The largest absolute Gasteiger partial charge is 0.0620 e. The highest BCUT2D eigenvalue weighted by molar-refractivity contribution is 5.87. The molecule has 0 aliphatic carbocycles. The number of rotatable bonds is 2. The van der Waals surface area contributed by atoms with Crippen LogP contribution in [0.1, 0.15) is 22.3 Å². The van der Waals surface area contributed by atoms with Gasteiger partial charge in [-0.3, -0.25) is 0 Å². The summed E-state index contributed by atoms with van der Waals surface area (Å²) in [6.45, 7) is 8.73. The molecule has 22 heavy (non-hydrogen) atoms. The number of aryl methyl sites for hydroxylation is 4. The number of hydrogen-bond donors (Lipinski definition) is 0. The van der Waals surface area contributed by atoms with Crippen molar-refractivity contribution in [3.63, 3.8) is 0 Å². The molecule has 0 atom stereocenters. The van der Waals surface area contributed by atoms with E-state index in [1.807, 2.05) is 0 Å². The van der Waals surface area contributed by atoms with Crippen molar-refractivity contribution in [3.8, 4) is 22.3 Å². The van der Waals surface area contributed by atoms with E-state index in [0.717, 1.165) is 0 Å². The monoisotopic (exact) mass is 286 g/mol. The molecule has 0 heteroatoms. The molecule has 0 bridgehead atoms. The van der Waals surface area contributed by atoms with Crippen molar-refractivity contribution >= 4 is 0 Å². The average Bonchev–Trinajstić information content (AvgIpc) is 2.51. The maximum Gasteiger partial charge on any atom is -0.00735 e. The van der Waals surface area contributed by atoms with Crippen LogP contribution in [-0.2, 0) is 0 Å². The fourth-order valence-corrected chi connectivity index (χ4v) is 3.03. The van der Waals surface area contributed by atoms with Crippen molar-refractivity contribution in [1.29, 1.82) is 0 Å². The van der Waals surface area contributed by atoms with Crippen LogP contribution in [0.4, 0.5) is 0 Å². The Hall–Kier alpha value is -2.34. The van der Waals surface area contributed by atoms with Crippen LogP contribution in [0.15, 0.2) is 60.7 Å². The summed E-state index contributed by atoms with van der Waals surface area (Å²) in [5, 5.41) is 0. The lowest BCUT2D eigenvalue weighted by atomic mass is 9.88. The third-order valence-electron chi connectivity index (χ3n) is 4.51. The van der Waals surface area contributed by atoms with E-state index in [0.29, 0.717) is 0 Å². The minimum Gasteiger partial charge on any atom is -0.0620 e. The average molecular weight is 286 g/mol. The molecular formula is C22H22. The van der Waals surface area contributed by atoms with Gasteiger partial charge in [0, 0.05) is 0 Å². The predicted molar refractivity (Wildman–Crippen MR) is 96.3 cm³/mol. The Morgan fingerprint density at radius 3 is 1.91 bits per heavy atom. The summed E-state index contributed by atoms with van der Waals surface area (Å²) in [6, 6.07) is 22.0. The minimum atomic E-state index is 1.30. The van der Waals surface area contributed by atoms with Gasteiger partial charge >= 0.3 is 0 Å². The molecule has 0 saturated heterocycles. The maximum absolute atomic E-state index is 2.30. The minimum absolute atomic E-state index is 1.30. The van der Waals surface area contributed by atoms with Gasteiger partial charge in [0.15, 0.2) is 0 Å². The molecule has 0 aromatic heterocycles. The van der Waals surface area contributed by atoms with Crippen LogP contribution in [0.2, 0.25) is 0 Å². The molecule has 0 unspecified atom stereocenters. The van der Waals surface area contributed by atoms with Crippen LogP contribution in [0, 0.1) is 27.7 Å². The molecule has 0 fully saturated rings. The van der Waals surface area contributed by atoms with Crippen LogP contribution < -0.4 is 0 Å². The molecule has 0 nitrogen and oxygen atoms in total. The Bertz CT molecular complexity index is 825. The summed E-state index contributed by atoms with van der Waals surface area (Å²) >= 11 is 0. The summed E-state index contributed by atoms with van der Waals surface area (Å²) in [4.78, 5) is 0. The first kappa shape index (κ1) is 14.6. The normalized spacial score (nSPS) is 10.7. The van der Waals surface area contributed by atoms with E-state index in [2.05, 4.69) is 88.4 Å². The van der Waals surface area contributed by atoms with Crippen molar-refractivity contribution in [1.82, 2.24) is 0 Å². The van der Waals surface area contributed by atoms with Crippen molar-refractivity contribution in [2.24, 2.45) is 0 Å². The summed E-state index contributed by atoms with van der Waals surface area (Å²) < 4.78 is 0. The first-order chi connectivity index (χ1) is 10.6. The van der Waals surface area contributed by atoms with Crippen LogP contribution in [0.3, 0.4) is 0 Å². The van der Waals surface area contributed by atoms with Gasteiger partial charge in [0.05, 0.1) is 0 Å². The van der Waals surface area contributed by atoms with Gasteiger partial charge in [0.25, 0.3) is 0 Å². The van der Waals surface area contributed by atoms with Crippen molar-refractivity contribution in [2.45, 2.75) is 27.7 Å². The number of benzene rings is 3. The third-order valence-corrected chi connectivity index (χ3v) is 4.51. The lowest BCUT2D eigenvalue weighted by Gasteiger charge is -2.16. The summed E-state index contributed by atoms with van der Waals surface area (Å²) in [5.41, 5.74) is 10.6. The topological polar surface area (TPSA) is 0 Å². The summed E-state index contributed by atoms with van der Waals surface area (Å²) in [7, 11) is 0. The van der Waals surface area contributed by atoms with Gasteiger partial charge in [0.1, 0.15) is 0 Å². The van der Waals surface area contributed by atoms with E-state index in [1.165, 1.54) is 44.5 Å². The first-order valence-corrected chi connectivity index (χ1v) is 7.81. The summed E-state index contributed by atoms with van der Waals surface area (Å²) in [5.74, 6) is 0. The molecule has 0 N–H and O–H groups in total. The summed E-state index contributed by atoms with van der Waals surface area (Å²) in [6.07, 6.45) is 0. The van der Waals surface area contributed by atoms with Crippen LogP contribution in [-0.4, -0.2) is 0 Å². The molecule has 110 valence electrons. The van der Waals surface area contributed by atoms with Gasteiger partial charge in [0.2, 0.25) is 0 Å². The molecule has 3 rings (SSSR count). The molecule has 3 aromatic carbocycles. The Balaban J connectivity index is 2.28. The fraction of sp³-hybridized carbons (Fsp3) is 0.182. The molecule has 0 spiro atoms. The highest BCUT2D eigenvalue weighted by atomic mass is 14.2. The van der Waals surface area contributed by atoms with E-state index >= 15 is 0 Å². The SMILES string of the molecule is Cc1ccc(-c2cccc(C)c2-c2ccccc2C)cc1C. The van der Waals surface area contributed by atoms with Crippen molar-refractivity contribution < 1.29 is 0 Å². The zero-order valence-corrected chi connectivity index (χ0v) is 13.8. The van der Waals surface area contributed by atoms with Crippen molar-refractivity contribution in [3.05, 3.63) is 82.9 Å². The molecule has 0 heterocycles. The lowest BCUT2D eigenvalue weighted by Crippen LogP contribution is -1.92. The zero-order valence-electron chi connectivity index (χ0n) is 13.8. The van der Waals surface area contributed by atoms with Crippen LogP contribution in [0.5, 0.6) is 0 Å². The van der Waals surface area contributed by atoms with E-state index < -0.39 is 0 Å². The predicted octanol–water partition coefficient (Wildman–Crippen LogP) is 6.25. The van der Waals surface area contributed by atoms with Gasteiger partial charge < -0.3 is 0 Å². The van der Waals surface area contributed by atoms with Crippen LogP contribution >= 0.6 is 0 Å². The molecule has 0 aliphatic rings.